The van der Waals surface area contributed by atoms with Crippen LogP contribution in [0.15, 0.2) is 42.5 Å². The van der Waals surface area contributed by atoms with Crippen LogP contribution in [0.4, 0.5) is 23.2 Å². The zero-order valence-corrected chi connectivity index (χ0v) is 30.8. The largest absolute Gasteiger partial charge is 0.497 e. The molecule has 3 aliphatic heterocycles. The summed E-state index contributed by atoms with van der Waals surface area (Å²) in [5, 5.41) is 0. The summed E-state index contributed by atoms with van der Waals surface area (Å²) in [6, 6.07) is 10.8. The van der Waals surface area contributed by atoms with Crippen molar-refractivity contribution < 1.29 is 46.2 Å². The van der Waals surface area contributed by atoms with Gasteiger partial charge in [0.1, 0.15) is 11.4 Å². The van der Waals surface area contributed by atoms with Crippen LogP contribution in [-0.4, -0.2) is 98.4 Å². The van der Waals surface area contributed by atoms with Gasteiger partial charge in [-0.15, -0.1) is 0 Å². The summed E-state index contributed by atoms with van der Waals surface area (Å²) in [5.74, 6) is -1.93. The van der Waals surface area contributed by atoms with Crippen molar-refractivity contribution in [2.24, 2.45) is 5.92 Å². The highest BCUT2D eigenvalue weighted by Crippen LogP contribution is 2.44. The van der Waals surface area contributed by atoms with Gasteiger partial charge in [-0.25, -0.2) is 4.39 Å². The minimum atomic E-state index is -4.52. The molecule has 0 spiro atoms. The van der Waals surface area contributed by atoms with Gasteiger partial charge < -0.3 is 24.0 Å². The number of benzene rings is 2. The lowest BCUT2D eigenvalue weighted by Crippen LogP contribution is -2.52. The van der Waals surface area contributed by atoms with E-state index < -0.39 is 40.8 Å². The van der Waals surface area contributed by atoms with Gasteiger partial charge in [0, 0.05) is 57.4 Å². The second-order valence-corrected chi connectivity index (χ2v) is 15.1. The summed E-state index contributed by atoms with van der Waals surface area (Å²) in [7, 11) is 1.54. The van der Waals surface area contributed by atoms with Gasteiger partial charge in [0.2, 0.25) is 5.67 Å². The van der Waals surface area contributed by atoms with Crippen molar-refractivity contribution in [3.05, 3.63) is 59.2 Å². The van der Waals surface area contributed by atoms with Crippen molar-refractivity contribution in [3.8, 4) is 5.75 Å². The number of esters is 2. The molecule has 0 radical (unpaired) electrons. The van der Waals surface area contributed by atoms with E-state index in [9.17, 15) is 27.6 Å². The van der Waals surface area contributed by atoms with Gasteiger partial charge in [0.15, 0.2) is 0 Å². The zero-order chi connectivity index (χ0) is 37.8. The van der Waals surface area contributed by atoms with E-state index in [1.165, 1.54) is 19.2 Å². The highest BCUT2D eigenvalue weighted by atomic mass is 19.4. The fourth-order valence-corrected chi connectivity index (χ4v) is 7.75. The van der Waals surface area contributed by atoms with Crippen LogP contribution in [0, 0.1) is 5.92 Å². The number of amides is 1. The Morgan fingerprint density at radius 1 is 0.923 bits per heavy atom. The van der Waals surface area contributed by atoms with Crippen LogP contribution in [-0.2, 0) is 30.0 Å². The lowest BCUT2D eigenvalue weighted by molar-refractivity contribution is -0.155. The Hall–Kier alpha value is -3.87. The molecule has 0 saturated carbocycles. The minimum absolute atomic E-state index is 0.0538. The SMILES string of the molecule is CCOC(=O)C1CCN(c2cc(C(F)(F)F)ccc2C2CCN(C(=O)[C@]3(F)CN(CCC(=O)OC(C)(C)C)C[C@H]3c3ccc(OC)cc3)CC2)CC1. The van der Waals surface area contributed by atoms with Crippen LogP contribution >= 0.6 is 0 Å². The first-order valence-electron chi connectivity index (χ1n) is 18.2. The van der Waals surface area contributed by atoms with Crippen LogP contribution < -0.4 is 9.64 Å². The molecule has 0 unspecified atom stereocenters. The summed E-state index contributed by atoms with van der Waals surface area (Å²) < 4.78 is 74.9. The monoisotopic (exact) mass is 733 g/mol. The number of nitrogens with zero attached hydrogens (tertiary/aromatic N) is 3. The van der Waals surface area contributed by atoms with Crippen molar-refractivity contribution in [2.45, 2.75) is 89.1 Å². The molecule has 13 heteroatoms. The Balaban J connectivity index is 1.31. The molecule has 3 heterocycles. The lowest BCUT2D eigenvalue weighted by atomic mass is 9.83. The summed E-state index contributed by atoms with van der Waals surface area (Å²) in [6.45, 7) is 8.95. The van der Waals surface area contributed by atoms with E-state index in [0.29, 0.717) is 55.8 Å². The molecule has 286 valence electrons. The average molecular weight is 734 g/mol. The van der Waals surface area contributed by atoms with E-state index in [-0.39, 0.29) is 63.6 Å². The number of carbonyl (C=O) groups is 3. The van der Waals surface area contributed by atoms with Crippen LogP contribution in [0.5, 0.6) is 5.75 Å². The van der Waals surface area contributed by atoms with Crippen molar-refractivity contribution >= 4 is 23.5 Å². The third kappa shape index (κ3) is 9.19. The number of piperidine rings is 2. The number of ether oxygens (including phenoxy) is 3. The quantitative estimate of drug-likeness (QED) is 0.196. The molecule has 2 aromatic carbocycles. The van der Waals surface area contributed by atoms with Crippen molar-refractivity contribution in [2.75, 3.05) is 64.4 Å². The van der Waals surface area contributed by atoms with Crippen LogP contribution in [0.2, 0.25) is 0 Å². The number of hydrogen-bond acceptors (Lipinski definition) is 8. The van der Waals surface area contributed by atoms with Crippen LogP contribution in [0.25, 0.3) is 0 Å². The molecular weight excluding hydrogens is 682 g/mol. The fourth-order valence-electron chi connectivity index (χ4n) is 7.75. The first kappa shape index (κ1) is 39.3. The standard InChI is InChI=1S/C39H51F4N3O6/c1-6-51-35(48)28-15-19-45(20-16-28)33-23-29(39(41,42)43)9-12-31(33)26-13-21-46(22-14-26)36(49)38(40)25-44(18-17-34(47)52-37(2,3)4)24-32(38)27-7-10-30(50-5)11-8-27/h7-12,23,26,28,32H,6,13-22,24-25H2,1-5H3/t32-,38-/m0/s1. The van der Waals surface area contributed by atoms with Gasteiger partial charge in [0.05, 0.1) is 31.6 Å². The molecule has 0 aromatic heterocycles. The summed E-state index contributed by atoms with van der Waals surface area (Å²) in [4.78, 5) is 44.2. The number of halogens is 4. The van der Waals surface area contributed by atoms with E-state index in [4.69, 9.17) is 14.2 Å². The normalized spacial score (nSPS) is 22.4. The predicted molar refractivity (Wildman–Crippen MR) is 188 cm³/mol. The molecule has 2 aromatic rings. The van der Waals surface area contributed by atoms with E-state index in [0.717, 1.165) is 11.6 Å². The number of hydrogen-bond donors (Lipinski definition) is 0. The maximum absolute atomic E-state index is 17.4. The predicted octanol–water partition coefficient (Wildman–Crippen LogP) is 6.74. The van der Waals surface area contributed by atoms with Crippen LogP contribution in [0.1, 0.15) is 88.3 Å². The average Bonchev–Trinajstić information content (AvgIpc) is 3.46. The first-order chi connectivity index (χ1) is 24.5. The van der Waals surface area contributed by atoms with E-state index in [1.54, 1.807) is 61.8 Å². The highest BCUT2D eigenvalue weighted by Gasteiger charge is 2.55. The molecule has 3 saturated heterocycles. The summed E-state index contributed by atoms with van der Waals surface area (Å²) in [6.07, 6.45) is -2.61. The fraction of sp³-hybridized carbons (Fsp3) is 0.615. The molecule has 0 N–H and O–H groups in total. The van der Waals surface area contributed by atoms with Gasteiger partial charge in [-0.2, -0.15) is 13.2 Å². The van der Waals surface area contributed by atoms with E-state index in [2.05, 4.69) is 0 Å². The Bertz CT molecular complexity index is 1560. The third-order valence-electron chi connectivity index (χ3n) is 10.4. The summed E-state index contributed by atoms with van der Waals surface area (Å²) in [5.41, 5.74) is -1.77. The zero-order valence-electron chi connectivity index (χ0n) is 30.8. The molecule has 1 amide bonds. The van der Waals surface area contributed by atoms with Gasteiger partial charge in [-0.3, -0.25) is 19.3 Å². The van der Waals surface area contributed by atoms with Gasteiger partial charge in [-0.1, -0.05) is 18.2 Å². The minimum Gasteiger partial charge on any atom is -0.497 e. The van der Waals surface area contributed by atoms with E-state index >= 15 is 4.39 Å². The molecule has 52 heavy (non-hydrogen) atoms. The van der Waals surface area contributed by atoms with Gasteiger partial charge in [-0.05, 0) is 94.7 Å². The van der Waals surface area contributed by atoms with Crippen LogP contribution in [0.3, 0.4) is 0 Å². The smallest absolute Gasteiger partial charge is 0.416 e. The van der Waals surface area contributed by atoms with Crippen molar-refractivity contribution in [1.29, 1.82) is 0 Å². The first-order valence-corrected chi connectivity index (χ1v) is 18.2. The second-order valence-electron chi connectivity index (χ2n) is 15.1. The van der Waals surface area contributed by atoms with E-state index in [1.807, 2.05) is 4.90 Å². The Labute approximate surface area is 303 Å². The highest BCUT2D eigenvalue weighted by molar-refractivity contribution is 5.87. The van der Waals surface area contributed by atoms with Crippen molar-refractivity contribution in [3.63, 3.8) is 0 Å². The lowest BCUT2D eigenvalue weighted by Gasteiger charge is -2.39. The molecule has 5 rings (SSSR count). The molecule has 3 fully saturated rings. The Kier molecular flexibility index (Phi) is 12.1. The topological polar surface area (TPSA) is 88.6 Å². The molecule has 9 nitrogen and oxygen atoms in total. The molecular formula is C39H51F4N3O6. The molecule has 0 aliphatic carbocycles. The Morgan fingerprint density at radius 2 is 1.58 bits per heavy atom. The molecule has 3 aliphatic rings. The summed E-state index contributed by atoms with van der Waals surface area (Å²) >= 11 is 0. The molecule has 0 bridgehead atoms. The Morgan fingerprint density at radius 3 is 2.15 bits per heavy atom. The number of rotatable bonds is 10. The number of carbonyl (C=O) groups excluding carboxylic acids is 3. The number of likely N-dealkylation sites (tertiary alicyclic amines) is 2. The second kappa shape index (κ2) is 16.0. The number of anilines is 1. The number of alkyl halides is 4. The van der Waals surface area contributed by atoms with Crippen molar-refractivity contribution in [1.82, 2.24) is 9.80 Å². The maximum Gasteiger partial charge on any atom is 0.416 e. The van der Waals surface area contributed by atoms with Gasteiger partial charge >= 0.3 is 18.1 Å². The van der Waals surface area contributed by atoms with Gasteiger partial charge in [0.25, 0.3) is 5.91 Å². The maximum atomic E-state index is 17.4. The number of methoxy groups -OCH3 is 1. The third-order valence-corrected chi connectivity index (χ3v) is 10.4. The molecule has 2 atom stereocenters.